The number of nitrogens with one attached hydrogen (secondary N) is 1. The van der Waals surface area contributed by atoms with E-state index in [9.17, 15) is 14.7 Å². The molecule has 1 rings (SSSR count). The van der Waals surface area contributed by atoms with Crippen LogP contribution in [-0.2, 0) is 14.0 Å². The number of rotatable bonds is 7. The Morgan fingerprint density at radius 1 is 1.24 bits per heavy atom. The Balaban J connectivity index is 3.14. The van der Waals surface area contributed by atoms with Gasteiger partial charge < -0.3 is 19.6 Å². The summed E-state index contributed by atoms with van der Waals surface area (Å²) in [7, 11) is -2.25. The van der Waals surface area contributed by atoms with E-state index in [-0.39, 0.29) is 22.0 Å². The Hall–Kier alpha value is -1.29. The number of carbonyl (C=O) groups excluding carboxylic acids is 1. The van der Waals surface area contributed by atoms with E-state index in [0.29, 0.717) is 5.00 Å². The number of esters is 1. The quantitative estimate of drug-likeness (QED) is 0.311. The highest BCUT2D eigenvalue weighted by molar-refractivity contribution is 7.80. The molecule has 0 radical (unpaired) electrons. The van der Waals surface area contributed by atoms with Crippen molar-refractivity contribution in [1.29, 1.82) is 0 Å². The molecule has 0 aromatic carbocycles. The number of aryl methyl sites for hydroxylation is 1. The molecule has 0 bridgehead atoms. The van der Waals surface area contributed by atoms with Gasteiger partial charge in [0, 0.05) is 4.88 Å². The third-order valence-electron chi connectivity index (χ3n) is 4.63. The number of carboxylic acids is 1. The molecular weight excluding hydrogens is 426 g/mol. The van der Waals surface area contributed by atoms with Crippen LogP contribution in [0, 0.1) is 6.92 Å². The van der Waals surface area contributed by atoms with Gasteiger partial charge in [-0.25, -0.2) is 4.79 Å². The van der Waals surface area contributed by atoms with Crippen molar-refractivity contribution >= 4 is 53.8 Å². The summed E-state index contributed by atoms with van der Waals surface area (Å²) >= 11 is 6.86. The summed E-state index contributed by atoms with van der Waals surface area (Å²) in [6.07, 6.45) is -0.743. The summed E-state index contributed by atoms with van der Waals surface area (Å²) in [5, 5.41) is 12.8. The van der Waals surface area contributed by atoms with E-state index in [0.717, 1.165) is 4.88 Å². The molecular formula is C20H33NO5S2Si. The number of thiophene rings is 1. The van der Waals surface area contributed by atoms with Crippen molar-refractivity contribution in [2.75, 3.05) is 5.32 Å². The zero-order chi connectivity index (χ0) is 22.8. The van der Waals surface area contributed by atoms with Crippen molar-refractivity contribution in [1.82, 2.24) is 0 Å². The molecule has 1 aromatic rings. The Labute approximate surface area is 184 Å². The molecule has 9 heteroatoms. The molecule has 0 spiro atoms. The van der Waals surface area contributed by atoms with Gasteiger partial charge in [-0.1, -0.05) is 33.0 Å². The third-order valence-corrected chi connectivity index (χ3v) is 10.4. The lowest BCUT2D eigenvalue weighted by Crippen LogP contribution is -2.47. The van der Waals surface area contributed by atoms with Crippen molar-refractivity contribution in [3.05, 3.63) is 16.5 Å². The Morgan fingerprint density at radius 2 is 1.79 bits per heavy atom. The molecule has 1 aromatic heterocycles. The van der Waals surface area contributed by atoms with Gasteiger partial charge in [0.25, 0.3) is 0 Å². The van der Waals surface area contributed by atoms with Crippen molar-refractivity contribution < 1.29 is 23.9 Å². The molecule has 1 heterocycles. The van der Waals surface area contributed by atoms with Gasteiger partial charge in [0.1, 0.15) is 21.7 Å². The zero-order valence-electron chi connectivity index (χ0n) is 18.8. The first-order chi connectivity index (χ1) is 12.9. The van der Waals surface area contributed by atoms with Gasteiger partial charge in [-0.15, -0.1) is 11.3 Å². The lowest BCUT2D eigenvalue weighted by molar-refractivity contribution is -0.156. The molecule has 0 amide bonds. The number of hydrogen-bond acceptors (Lipinski definition) is 6. The average Bonchev–Trinajstić information content (AvgIpc) is 2.83. The highest BCUT2D eigenvalue weighted by atomic mass is 32.1. The lowest BCUT2D eigenvalue weighted by Gasteiger charge is -2.39. The molecule has 164 valence electrons. The van der Waals surface area contributed by atoms with E-state index in [1.54, 1.807) is 26.8 Å². The maximum Gasteiger partial charge on any atom is 0.338 e. The van der Waals surface area contributed by atoms with Crippen LogP contribution in [0.1, 0.15) is 63.2 Å². The molecule has 1 atom stereocenters. The van der Waals surface area contributed by atoms with Gasteiger partial charge in [-0.05, 0) is 51.9 Å². The fraction of sp³-hybridized carbons (Fsp3) is 0.650. The zero-order valence-corrected chi connectivity index (χ0v) is 21.4. The Morgan fingerprint density at radius 3 is 2.24 bits per heavy atom. The maximum absolute atomic E-state index is 12.5. The second kappa shape index (κ2) is 9.24. The average molecular weight is 460 g/mol. The van der Waals surface area contributed by atoms with Crippen molar-refractivity contribution in [3.63, 3.8) is 0 Å². The predicted octanol–water partition coefficient (Wildman–Crippen LogP) is 5.62. The highest BCUT2D eigenvalue weighted by Gasteiger charge is 2.41. The fourth-order valence-corrected chi connectivity index (χ4v) is 4.78. The lowest BCUT2D eigenvalue weighted by atomic mass is 10.2. The van der Waals surface area contributed by atoms with Gasteiger partial charge in [-0.3, -0.25) is 4.79 Å². The minimum Gasteiger partial charge on any atom is -0.478 e. The maximum atomic E-state index is 12.5. The van der Waals surface area contributed by atoms with E-state index in [1.165, 1.54) is 11.3 Å². The molecule has 29 heavy (non-hydrogen) atoms. The first kappa shape index (κ1) is 25.7. The standard InChI is InChI=1S/C20H33NO5S2Si/c1-12-10-13(18(23)24)17(28-12)21-16(27)14(11-15(22)25-19(2,3)4)26-29(8,9)20(5,6)7/h10,14H,11H2,1-9H3,(H,21,27)(H,23,24). The molecule has 0 aliphatic carbocycles. The number of thiocarbonyl (C=S) groups is 1. The summed E-state index contributed by atoms with van der Waals surface area (Å²) in [4.78, 5) is 25.1. The van der Waals surface area contributed by atoms with E-state index >= 15 is 0 Å². The SMILES string of the molecule is Cc1cc(C(=O)O)c(NC(=S)C(CC(=O)OC(C)(C)C)O[Si](C)(C)C(C)(C)C)s1. The van der Waals surface area contributed by atoms with Crippen LogP contribution < -0.4 is 5.32 Å². The van der Waals surface area contributed by atoms with Crippen LogP contribution in [-0.4, -0.2) is 42.1 Å². The third kappa shape index (κ3) is 7.80. The van der Waals surface area contributed by atoms with Gasteiger partial charge >= 0.3 is 11.9 Å². The number of hydrogen-bond donors (Lipinski definition) is 2. The van der Waals surface area contributed by atoms with E-state index in [4.69, 9.17) is 21.4 Å². The van der Waals surface area contributed by atoms with Crippen LogP contribution in [0.3, 0.4) is 0 Å². The molecule has 1 unspecified atom stereocenters. The summed E-state index contributed by atoms with van der Waals surface area (Å²) in [6.45, 7) is 17.7. The summed E-state index contributed by atoms with van der Waals surface area (Å²) in [5.74, 6) is -1.44. The molecule has 0 saturated carbocycles. The normalized spacial score (nSPS) is 13.7. The predicted molar refractivity (Wildman–Crippen MR) is 125 cm³/mol. The summed E-state index contributed by atoms with van der Waals surface area (Å²) in [5.41, 5.74) is -0.465. The second-order valence-electron chi connectivity index (χ2n) is 9.55. The van der Waals surface area contributed by atoms with Crippen LogP contribution >= 0.6 is 23.6 Å². The van der Waals surface area contributed by atoms with E-state index in [1.807, 2.05) is 6.92 Å². The minimum atomic E-state index is -2.25. The number of carbonyl (C=O) groups is 2. The summed E-state index contributed by atoms with van der Waals surface area (Å²) in [6, 6.07) is 1.59. The van der Waals surface area contributed by atoms with Gasteiger partial charge in [0.05, 0.1) is 12.0 Å². The van der Waals surface area contributed by atoms with Crippen LogP contribution in [0.25, 0.3) is 0 Å². The molecule has 0 saturated heterocycles. The molecule has 0 fully saturated rings. The van der Waals surface area contributed by atoms with E-state index < -0.39 is 32.0 Å². The number of carboxylic acid groups (broad SMARTS) is 1. The van der Waals surface area contributed by atoms with Gasteiger partial charge in [0.2, 0.25) is 0 Å². The first-order valence-corrected chi connectivity index (χ1v) is 13.6. The fourth-order valence-electron chi connectivity index (χ4n) is 2.21. The Kier molecular flexibility index (Phi) is 8.20. The number of aromatic carboxylic acids is 1. The number of ether oxygens (including phenoxy) is 1. The van der Waals surface area contributed by atoms with Crippen LogP contribution in [0.4, 0.5) is 5.00 Å². The largest absolute Gasteiger partial charge is 0.478 e. The van der Waals surface area contributed by atoms with Gasteiger partial charge in [-0.2, -0.15) is 0 Å². The van der Waals surface area contributed by atoms with Crippen molar-refractivity contribution in [2.45, 2.75) is 84.7 Å². The van der Waals surface area contributed by atoms with Crippen LogP contribution in [0.2, 0.25) is 18.1 Å². The summed E-state index contributed by atoms with van der Waals surface area (Å²) < 4.78 is 11.9. The van der Waals surface area contributed by atoms with Crippen molar-refractivity contribution in [2.24, 2.45) is 0 Å². The monoisotopic (exact) mass is 459 g/mol. The van der Waals surface area contributed by atoms with Crippen LogP contribution in [0.15, 0.2) is 6.07 Å². The molecule has 6 nitrogen and oxygen atoms in total. The topological polar surface area (TPSA) is 84.9 Å². The number of anilines is 1. The van der Waals surface area contributed by atoms with E-state index in [2.05, 4.69) is 39.2 Å². The first-order valence-electron chi connectivity index (χ1n) is 9.47. The molecule has 0 aliphatic heterocycles. The smallest absolute Gasteiger partial charge is 0.338 e. The second-order valence-corrected chi connectivity index (χ2v) is 16.0. The minimum absolute atomic E-state index is 0.0393. The van der Waals surface area contributed by atoms with Gasteiger partial charge in [0.15, 0.2) is 8.32 Å². The van der Waals surface area contributed by atoms with Crippen LogP contribution in [0.5, 0.6) is 0 Å². The Bertz CT molecular complexity index is 775. The molecule has 0 aliphatic rings. The molecule has 2 N–H and O–H groups in total. The highest BCUT2D eigenvalue weighted by Crippen LogP contribution is 2.38. The van der Waals surface area contributed by atoms with Crippen molar-refractivity contribution in [3.8, 4) is 0 Å².